The van der Waals surface area contributed by atoms with Crippen LogP contribution in [-0.2, 0) is 13.1 Å². The number of anilines is 1. The van der Waals surface area contributed by atoms with Gasteiger partial charge in [0.2, 0.25) is 0 Å². The zero-order valence-corrected chi connectivity index (χ0v) is 21.4. The number of amides is 1. The molecule has 39 heavy (non-hydrogen) atoms. The predicted octanol–water partition coefficient (Wildman–Crippen LogP) is 4.77. The number of rotatable bonds is 8. The van der Waals surface area contributed by atoms with Crippen molar-refractivity contribution >= 4 is 22.5 Å². The van der Waals surface area contributed by atoms with Gasteiger partial charge in [-0.1, -0.05) is 30.3 Å². The van der Waals surface area contributed by atoms with Crippen molar-refractivity contribution in [3.8, 4) is 11.1 Å². The lowest BCUT2D eigenvalue weighted by molar-refractivity contribution is 0.0950. The summed E-state index contributed by atoms with van der Waals surface area (Å²) in [5.41, 5.74) is 3.87. The van der Waals surface area contributed by atoms with Gasteiger partial charge in [0.1, 0.15) is 5.69 Å². The SMILES string of the molecule is CN(C)c1cccc(CNC(=O)c2cccc(Cn3cnc4cc(-c5cn[nH]c5C(F)F)ccc4c3=O)c2)c1. The van der Waals surface area contributed by atoms with Gasteiger partial charge >= 0.3 is 0 Å². The first-order valence-corrected chi connectivity index (χ1v) is 12.2. The van der Waals surface area contributed by atoms with Gasteiger partial charge in [0.25, 0.3) is 17.9 Å². The Hall–Kier alpha value is -4.86. The van der Waals surface area contributed by atoms with Gasteiger partial charge in [0, 0.05) is 37.5 Å². The molecule has 2 aromatic heterocycles. The Morgan fingerprint density at radius 1 is 1.05 bits per heavy atom. The maximum atomic E-state index is 13.3. The van der Waals surface area contributed by atoms with Crippen LogP contribution in [0.3, 0.4) is 0 Å². The van der Waals surface area contributed by atoms with E-state index in [2.05, 4.69) is 20.5 Å². The maximum Gasteiger partial charge on any atom is 0.280 e. The van der Waals surface area contributed by atoms with Gasteiger partial charge in [-0.05, 0) is 53.1 Å². The number of aromatic amines is 1. The van der Waals surface area contributed by atoms with Crippen LogP contribution in [0, 0.1) is 0 Å². The molecule has 10 heteroatoms. The lowest BCUT2D eigenvalue weighted by Crippen LogP contribution is -2.24. The topological polar surface area (TPSA) is 95.9 Å². The quantitative estimate of drug-likeness (QED) is 0.303. The second kappa shape index (κ2) is 10.9. The Kier molecular flexibility index (Phi) is 7.18. The molecule has 5 aromatic rings. The first kappa shape index (κ1) is 25.8. The second-order valence-electron chi connectivity index (χ2n) is 9.35. The number of carbonyl (C=O) groups is 1. The van der Waals surface area contributed by atoms with E-state index in [0.29, 0.717) is 28.6 Å². The normalized spacial score (nSPS) is 11.2. The number of fused-ring (bicyclic) bond motifs is 1. The van der Waals surface area contributed by atoms with Crippen molar-refractivity contribution in [1.82, 2.24) is 25.1 Å². The molecule has 0 aliphatic carbocycles. The van der Waals surface area contributed by atoms with Crippen LogP contribution in [0.5, 0.6) is 0 Å². The summed E-state index contributed by atoms with van der Waals surface area (Å²) in [6, 6.07) is 19.8. The number of nitrogens with zero attached hydrogens (tertiary/aromatic N) is 4. The highest BCUT2D eigenvalue weighted by atomic mass is 19.3. The molecule has 0 aliphatic rings. The fourth-order valence-electron chi connectivity index (χ4n) is 4.37. The molecule has 0 saturated carbocycles. The molecule has 0 aliphatic heterocycles. The van der Waals surface area contributed by atoms with Gasteiger partial charge in [0.05, 0.1) is 30.0 Å². The summed E-state index contributed by atoms with van der Waals surface area (Å²) in [7, 11) is 3.92. The molecule has 0 unspecified atom stereocenters. The second-order valence-corrected chi connectivity index (χ2v) is 9.35. The van der Waals surface area contributed by atoms with E-state index in [4.69, 9.17) is 0 Å². The van der Waals surface area contributed by atoms with Crippen LogP contribution < -0.4 is 15.8 Å². The lowest BCUT2D eigenvalue weighted by Gasteiger charge is -2.14. The Morgan fingerprint density at radius 2 is 1.85 bits per heavy atom. The number of H-pyrrole nitrogens is 1. The van der Waals surface area contributed by atoms with E-state index in [0.717, 1.165) is 16.8 Å². The van der Waals surface area contributed by atoms with E-state index in [9.17, 15) is 18.4 Å². The van der Waals surface area contributed by atoms with Crippen LogP contribution >= 0.6 is 0 Å². The number of hydrogen-bond acceptors (Lipinski definition) is 5. The number of carbonyl (C=O) groups excluding carboxylic acids is 1. The van der Waals surface area contributed by atoms with Gasteiger partial charge in [-0.2, -0.15) is 5.10 Å². The molecule has 5 rings (SSSR count). The minimum absolute atomic E-state index is 0.215. The summed E-state index contributed by atoms with van der Waals surface area (Å²) in [5, 5.41) is 9.33. The average Bonchev–Trinajstić information content (AvgIpc) is 3.44. The molecule has 0 fully saturated rings. The smallest absolute Gasteiger partial charge is 0.280 e. The Bertz CT molecular complexity index is 1710. The van der Waals surface area contributed by atoms with Crippen molar-refractivity contribution < 1.29 is 13.6 Å². The van der Waals surface area contributed by atoms with Crippen LogP contribution in [0.1, 0.15) is 33.6 Å². The third kappa shape index (κ3) is 5.54. The molecule has 0 saturated heterocycles. The Labute approximate surface area is 222 Å². The third-order valence-corrected chi connectivity index (χ3v) is 6.45. The number of hydrogen-bond donors (Lipinski definition) is 2. The van der Waals surface area contributed by atoms with Crippen molar-refractivity contribution in [2.75, 3.05) is 19.0 Å². The fraction of sp³-hybridized carbons (Fsp3) is 0.172. The van der Waals surface area contributed by atoms with Crippen molar-refractivity contribution in [1.29, 1.82) is 0 Å². The number of halogens is 2. The molecular weight excluding hydrogens is 502 g/mol. The van der Waals surface area contributed by atoms with Crippen LogP contribution in [0.2, 0.25) is 0 Å². The van der Waals surface area contributed by atoms with Gasteiger partial charge in [0.15, 0.2) is 0 Å². The summed E-state index contributed by atoms with van der Waals surface area (Å²) in [6.07, 6.45) is 0.0437. The van der Waals surface area contributed by atoms with E-state index in [1.54, 1.807) is 36.4 Å². The van der Waals surface area contributed by atoms with Gasteiger partial charge in [-0.15, -0.1) is 0 Å². The van der Waals surface area contributed by atoms with Crippen LogP contribution in [0.4, 0.5) is 14.5 Å². The van der Waals surface area contributed by atoms with E-state index >= 15 is 0 Å². The first-order valence-electron chi connectivity index (χ1n) is 12.2. The summed E-state index contributed by atoms with van der Waals surface area (Å²) in [6.45, 7) is 0.602. The average molecular weight is 529 g/mol. The lowest BCUT2D eigenvalue weighted by atomic mass is 10.0. The Balaban J connectivity index is 1.32. The molecule has 0 radical (unpaired) electrons. The standard InChI is InChI=1S/C29H26F2N6O2/c1-36(2)22-8-4-5-18(12-22)14-32-28(38)21-7-3-6-19(11-21)16-37-17-33-25-13-20(9-10-23(25)29(37)39)24-15-34-35-26(24)27(30)31/h3-13,15,17,27H,14,16H2,1-2H3,(H,32,38)(H,34,35). The third-order valence-electron chi connectivity index (χ3n) is 6.45. The van der Waals surface area contributed by atoms with Crippen LogP contribution in [0.25, 0.3) is 22.0 Å². The Morgan fingerprint density at radius 3 is 2.64 bits per heavy atom. The zero-order valence-electron chi connectivity index (χ0n) is 21.4. The minimum Gasteiger partial charge on any atom is -0.378 e. The van der Waals surface area contributed by atoms with E-state index in [-0.39, 0.29) is 29.3 Å². The molecule has 3 aromatic carbocycles. The van der Waals surface area contributed by atoms with Crippen molar-refractivity contribution in [2.45, 2.75) is 19.5 Å². The van der Waals surface area contributed by atoms with Gasteiger partial charge in [-0.25, -0.2) is 13.8 Å². The monoisotopic (exact) mass is 528 g/mol. The van der Waals surface area contributed by atoms with E-state index in [1.807, 2.05) is 49.3 Å². The molecular formula is C29H26F2N6O2. The first-order chi connectivity index (χ1) is 18.8. The number of alkyl halides is 2. The number of aromatic nitrogens is 4. The maximum absolute atomic E-state index is 13.3. The summed E-state index contributed by atoms with van der Waals surface area (Å²) in [5.74, 6) is -0.217. The van der Waals surface area contributed by atoms with Crippen molar-refractivity contribution in [2.24, 2.45) is 0 Å². The fourth-order valence-corrected chi connectivity index (χ4v) is 4.37. The molecule has 0 bridgehead atoms. The van der Waals surface area contributed by atoms with Crippen LogP contribution in [0.15, 0.2) is 84.0 Å². The largest absolute Gasteiger partial charge is 0.378 e. The molecule has 0 spiro atoms. The summed E-state index contributed by atoms with van der Waals surface area (Å²) < 4.78 is 28.0. The van der Waals surface area contributed by atoms with Gasteiger partial charge in [-0.3, -0.25) is 19.3 Å². The zero-order chi connectivity index (χ0) is 27.5. The van der Waals surface area contributed by atoms with Crippen LogP contribution in [-0.4, -0.2) is 39.8 Å². The molecule has 2 heterocycles. The predicted molar refractivity (Wildman–Crippen MR) is 146 cm³/mol. The summed E-state index contributed by atoms with van der Waals surface area (Å²) >= 11 is 0. The van der Waals surface area contributed by atoms with Crippen molar-refractivity contribution in [3.05, 3.63) is 112 Å². The number of benzene rings is 3. The highest BCUT2D eigenvalue weighted by molar-refractivity contribution is 5.94. The van der Waals surface area contributed by atoms with Crippen molar-refractivity contribution in [3.63, 3.8) is 0 Å². The number of nitrogens with one attached hydrogen (secondary N) is 2. The highest BCUT2D eigenvalue weighted by Crippen LogP contribution is 2.30. The van der Waals surface area contributed by atoms with E-state index < -0.39 is 6.43 Å². The highest BCUT2D eigenvalue weighted by Gasteiger charge is 2.17. The molecule has 0 atom stereocenters. The minimum atomic E-state index is -2.70. The molecule has 8 nitrogen and oxygen atoms in total. The molecule has 2 N–H and O–H groups in total. The van der Waals surface area contributed by atoms with E-state index in [1.165, 1.54) is 17.1 Å². The summed E-state index contributed by atoms with van der Waals surface area (Å²) in [4.78, 5) is 32.4. The molecule has 1 amide bonds. The molecule has 198 valence electrons. The van der Waals surface area contributed by atoms with Gasteiger partial charge < -0.3 is 10.2 Å².